The summed E-state index contributed by atoms with van der Waals surface area (Å²) in [5.41, 5.74) is 1.14. The maximum atomic E-state index is 11.7. The van der Waals surface area contributed by atoms with Gasteiger partial charge in [0.1, 0.15) is 4.32 Å². The Kier molecular flexibility index (Phi) is 4.95. The first-order chi connectivity index (χ1) is 9.10. The van der Waals surface area contributed by atoms with Crippen molar-refractivity contribution >= 4 is 40.2 Å². The predicted octanol–water partition coefficient (Wildman–Crippen LogP) is 1.05. The summed E-state index contributed by atoms with van der Waals surface area (Å²) in [6.45, 7) is 4.09. The van der Waals surface area contributed by atoms with Crippen molar-refractivity contribution in [3.8, 4) is 0 Å². The van der Waals surface area contributed by atoms with Gasteiger partial charge in [-0.1, -0.05) is 24.0 Å². The Morgan fingerprint density at radius 3 is 2.68 bits per heavy atom. The highest BCUT2D eigenvalue weighted by molar-refractivity contribution is 8.26. The molecule has 19 heavy (non-hydrogen) atoms. The first-order valence-corrected chi connectivity index (χ1v) is 7.45. The van der Waals surface area contributed by atoms with Crippen molar-refractivity contribution in [1.29, 1.82) is 0 Å². The van der Waals surface area contributed by atoms with E-state index in [4.69, 9.17) is 17.0 Å². The molecule has 0 bridgehead atoms. The Bertz CT molecular complexity index is 438. The molecule has 5 nitrogen and oxygen atoms in total. The van der Waals surface area contributed by atoms with E-state index in [9.17, 15) is 9.59 Å². The van der Waals surface area contributed by atoms with Crippen LogP contribution in [-0.2, 0) is 14.3 Å². The van der Waals surface area contributed by atoms with Gasteiger partial charge in [-0.15, -0.1) is 0 Å². The zero-order valence-corrected chi connectivity index (χ0v) is 12.4. The largest absolute Gasteiger partial charge is 0.465 e. The van der Waals surface area contributed by atoms with E-state index < -0.39 is 0 Å². The number of nitrogens with zero attached hydrogens (tertiary/aromatic N) is 1. The first kappa shape index (κ1) is 14.5. The maximum absolute atomic E-state index is 11.7. The standard InChI is InChI=1S/C12H16N2O3S2/c1-2-17-9(15)7-14-5-3-8(4-6-14)10-11(16)13-12(18)19-10/h2-7H2,1H3,(H,13,16,18). The second kappa shape index (κ2) is 6.49. The topological polar surface area (TPSA) is 58.6 Å². The van der Waals surface area contributed by atoms with Crippen LogP contribution in [0.25, 0.3) is 0 Å². The minimum absolute atomic E-state index is 0.0798. The highest BCUT2D eigenvalue weighted by Crippen LogP contribution is 2.31. The summed E-state index contributed by atoms with van der Waals surface area (Å²) in [5, 5.41) is 2.63. The van der Waals surface area contributed by atoms with Gasteiger partial charge in [-0.25, -0.2) is 0 Å². The van der Waals surface area contributed by atoms with Crippen molar-refractivity contribution in [3.63, 3.8) is 0 Å². The molecule has 1 amide bonds. The SMILES string of the molecule is CCOC(=O)CN1CCC(=C2SC(=S)NC2=O)CC1. The molecule has 2 saturated heterocycles. The summed E-state index contributed by atoms with van der Waals surface area (Å²) in [6.07, 6.45) is 1.61. The molecule has 0 aromatic heterocycles. The molecule has 0 spiro atoms. The van der Waals surface area contributed by atoms with Crippen molar-refractivity contribution in [1.82, 2.24) is 10.2 Å². The number of carbonyl (C=O) groups is 2. The van der Waals surface area contributed by atoms with Crippen LogP contribution in [0, 0.1) is 0 Å². The van der Waals surface area contributed by atoms with Crippen LogP contribution in [-0.4, -0.2) is 47.3 Å². The highest BCUT2D eigenvalue weighted by Gasteiger charge is 2.28. The van der Waals surface area contributed by atoms with Gasteiger partial charge in [-0.05, 0) is 25.3 Å². The van der Waals surface area contributed by atoms with E-state index in [0.29, 0.717) is 17.5 Å². The van der Waals surface area contributed by atoms with Crippen molar-refractivity contribution in [2.24, 2.45) is 0 Å². The van der Waals surface area contributed by atoms with E-state index >= 15 is 0 Å². The summed E-state index contributed by atoms with van der Waals surface area (Å²) >= 11 is 6.32. The number of hydrogen-bond acceptors (Lipinski definition) is 6. The average Bonchev–Trinajstić information content (AvgIpc) is 2.70. The summed E-state index contributed by atoms with van der Waals surface area (Å²) in [4.78, 5) is 25.9. The van der Waals surface area contributed by atoms with E-state index in [1.54, 1.807) is 6.92 Å². The fourth-order valence-corrected chi connectivity index (χ4v) is 3.31. The third kappa shape index (κ3) is 3.77. The molecule has 104 valence electrons. The Morgan fingerprint density at radius 2 is 2.16 bits per heavy atom. The Hall–Kier alpha value is -0.920. The van der Waals surface area contributed by atoms with Gasteiger partial charge in [0.25, 0.3) is 5.91 Å². The van der Waals surface area contributed by atoms with Gasteiger partial charge in [0, 0.05) is 13.1 Å². The third-order valence-electron chi connectivity index (χ3n) is 3.06. The molecule has 2 fully saturated rings. The fraction of sp³-hybridized carbons (Fsp3) is 0.583. The molecule has 2 rings (SSSR count). The Labute approximate surface area is 121 Å². The smallest absolute Gasteiger partial charge is 0.320 e. The summed E-state index contributed by atoms with van der Waals surface area (Å²) in [5.74, 6) is -0.267. The number of likely N-dealkylation sites (tertiary alicyclic amines) is 1. The molecule has 0 aromatic rings. The fourth-order valence-electron chi connectivity index (χ4n) is 2.14. The van der Waals surface area contributed by atoms with Crippen LogP contribution in [0.4, 0.5) is 0 Å². The van der Waals surface area contributed by atoms with Crippen molar-refractivity contribution in [2.45, 2.75) is 19.8 Å². The molecular weight excluding hydrogens is 284 g/mol. The highest BCUT2D eigenvalue weighted by atomic mass is 32.2. The lowest BCUT2D eigenvalue weighted by Gasteiger charge is -2.27. The predicted molar refractivity (Wildman–Crippen MR) is 77.7 cm³/mol. The van der Waals surface area contributed by atoms with Crippen LogP contribution in [0.3, 0.4) is 0 Å². The van der Waals surface area contributed by atoms with Crippen molar-refractivity contribution in [2.75, 3.05) is 26.2 Å². The number of ether oxygens (including phenoxy) is 1. The zero-order chi connectivity index (χ0) is 13.8. The minimum Gasteiger partial charge on any atom is -0.465 e. The van der Waals surface area contributed by atoms with E-state index in [2.05, 4.69) is 10.2 Å². The lowest BCUT2D eigenvalue weighted by Crippen LogP contribution is -2.36. The van der Waals surface area contributed by atoms with Gasteiger partial charge in [-0.3, -0.25) is 14.5 Å². The minimum atomic E-state index is -0.187. The molecule has 0 atom stereocenters. The zero-order valence-electron chi connectivity index (χ0n) is 10.7. The molecule has 0 saturated carbocycles. The van der Waals surface area contributed by atoms with Gasteiger partial charge in [0.2, 0.25) is 0 Å². The van der Waals surface area contributed by atoms with Gasteiger partial charge >= 0.3 is 5.97 Å². The number of thioether (sulfide) groups is 1. The van der Waals surface area contributed by atoms with Gasteiger partial charge in [0.05, 0.1) is 18.1 Å². The van der Waals surface area contributed by atoms with E-state index in [-0.39, 0.29) is 11.9 Å². The quantitative estimate of drug-likeness (QED) is 0.477. The number of thiocarbonyl (C=S) groups is 1. The number of esters is 1. The van der Waals surface area contributed by atoms with Crippen LogP contribution in [0.1, 0.15) is 19.8 Å². The monoisotopic (exact) mass is 300 g/mol. The average molecular weight is 300 g/mol. The lowest BCUT2D eigenvalue weighted by atomic mass is 10.0. The third-order valence-corrected chi connectivity index (χ3v) is 4.37. The molecule has 7 heteroatoms. The van der Waals surface area contributed by atoms with Crippen LogP contribution < -0.4 is 5.32 Å². The first-order valence-electron chi connectivity index (χ1n) is 6.23. The molecule has 0 radical (unpaired) electrons. The van der Waals surface area contributed by atoms with E-state index in [0.717, 1.165) is 36.4 Å². The number of carbonyl (C=O) groups excluding carboxylic acids is 2. The Morgan fingerprint density at radius 1 is 1.47 bits per heavy atom. The van der Waals surface area contributed by atoms with Crippen LogP contribution in [0.5, 0.6) is 0 Å². The van der Waals surface area contributed by atoms with Gasteiger partial charge in [-0.2, -0.15) is 0 Å². The lowest BCUT2D eigenvalue weighted by molar-refractivity contribution is -0.144. The second-order valence-electron chi connectivity index (χ2n) is 4.36. The number of piperidine rings is 1. The van der Waals surface area contributed by atoms with E-state index in [1.165, 1.54) is 11.8 Å². The van der Waals surface area contributed by atoms with Crippen LogP contribution >= 0.6 is 24.0 Å². The molecule has 2 aliphatic heterocycles. The molecule has 2 heterocycles. The van der Waals surface area contributed by atoms with Crippen molar-refractivity contribution in [3.05, 3.63) is 10.5 Å². The normalized spacial score (nSPS) is 20.7. The number of rotatable bonds is 3. The molecule has 1 N–H and O–H groups in total. The van der Waals surface area contributed by atoms with Crippen LogP contribution in [0.15, 0.2) is 10.5 Å². The van der Waals surface area contributed by atoms with Crippen molar-refractivity contribution < 1.29 is 14.3 Å². The molecule has 0 aliphatic carbocycles. The number of nitrogens with one attached hydrogen (secondary N) is 1. The summed E-state index contributed by atoms with van der Waals surface area (Å²) in [7, 11) is 0. The summed E-state index contributed by atoms with van der Waals surface area (Å²) < 4.78 is 5.45. The van der Waals surface area contributed by atoms with Crippen LogP contribution in [0.2, 0.25) is 0 Å². The van der Waals surface area contributed by atoms with Gasteiger partial charge < -0.3 is 10.1 Å². The molecular formula is C12H16N2O3S2. The molecule has 2 aliphatic rings. The number of hydrogen-bond donors (Lipinski definition) is 1. The molecule has 0 unspecified atom stereocenters. The van der Waals surface area contributed by atoms with E-state index in [1.807, 2.05) is 0 Å². The van der Waals surface area contributed by atoms with Gasteiger partial charge in [0.15, 0.2) is 0 Å². The number of amides is 1. The molecule has 0 aromatic carbocycles. The second-order valence-corrected chi connectivity index (χ2v) is 6.04. The maximum Gasteiger partial charge on any atom is 0.320 e. The summed E-state index contributed by atoms with van der Waals surface area (Å²) in [6, 6.07) is 0. The Balaban J connectivity index is 1.89.